The SMILES string of the molecule is C=C(C(=C\CC1CC(C)C1C)/C(C)=C/C=c1/nccc/c1=C\CCC)c1cccc(N)n1. The van der Waals surface area contributed by atoms with Crippen molar-refractivity contribution in [2.75, 3.05) is 5.73 Å². The Bertz CT molecular complexity index is 1120. The largest absolute Gasteiger partial charge is 0.384 e. The number of rotatable bonds is 8. The van der Waals surface area contributed by atoms with Gasteiger partial charge >= 0.3 is 0 Å². The molecule has 3 atom stereocenters. The van der Waals surface area contributed by atoms with Gasteiger partial charge in [-0.1, -0.05) is 64.1 Å². The number of nitrogen functional groups attached to an aromatic ring is 1. The number of unbranched alkanes of at least 4 members (excludes halogenated alkanes) is 1. The van der Waals surface area contributed by atoms with Crippen molar-refractivity contribution in [1.82, 2.24) is 9.97 Å². The van der Waals surface area contributed by atoms with Gasteiger partial charge in [0.15, 0.2) is 0 Å². The summed E-state index contributed by atoms with van der Waals surface area (Å²) in [5, 5.41) is 2.17. The van der Waals surface area contributed by atoms with Gasteiger partial charge in [-0.05, 0) is 84.6 Å². The van der Waals surface area contributed by atoms with Crippen LogP contribution in [0.3, 0.4) is 0 Å². The van der Waals surface area contributed by atoms with Gasteiger partial charge in [0, 0.05) is 11.8 Å². The molecule has 1 fully saturated rings. The predicted octanol–water partition coefficient (Wildman–Crippen LogP) is 5.69. The van der Waals surface area contributed by atoms with E-state index in [4.69, 9.17) is 5.73 Å². The molecular formula is C29H37N3. The van der Waals surface area contributed by atoms with Crippen LogP contribution in [0.5, 0.6) is 0 Å². The van der Waals surface area contributed by atoms with Gasteiger partial charge in [0.25, 0.3) is 0 Å². The maximum atomic E-state index is 5.95. The molecule has 0 spiro atoms. The molecule has 3 unspecified atom stereocenters. The molecule has 168 valence electrons. The predicted molar refractivity (Wildman–Crippen MR) is 138 cm³/mol. The number of hydrogen-bond donors (Lipinski definition) is 1. The minimum absolute atomic E-state index is 0.516. The van der Waals surface area contributed by atoms with E-state index < -0.39 is 0 Å². The topological polar surface area (TPSA) is 51.8 Å². The molecule has 0 aliphatic heterocycles. The Hall–Kier alpha value is -2.94. The third kappa shape index (κ3) is 5.85. The Morgan fingerprint density at radius 1 is 1.22 bits per heavy atom. The lowest BCUT2D eigenvalue weighted by atomic mass is 9.65. The second kappa shape index (κ2) is 11.1. The number of nitrogens with two attached hydrogens (primary N) is 1. The van der Waals surface area contributed by atoms with Gasteiger partial charge in [-0.2, -0.15) is 0 Å². The Morgan fingerprint density at radius 2 is 2.03 bits per heavy atom. The summed E-state index contributed by atoms with van der Waals surface area (Å²) in [5.41, 5.74) is 9.99. The van der Waals surface area contributed by atoms with Crippen LogP contribution in [0.15, 0.2) is 66.4 Å². The van der Waals surface area contributed by atoms with E-state index in [1.165, 1.54) is 11.6 Å². The number of allylic oxidation sites excluding steroid dienone is 5. The van der Waals surface area contributed by atoms with Gasteiger partial charge in [0.05, 0.1) is 11.0 Å². The molecule has 1 aliphatic rings. The summed E-state index contributed by atoms with van der Waals surface area (Å²) in [6.07, 6.45) is 15.3. The highest BCUT2D eigenvalue weighted by Crippen LogP contribution is 2.42. The number of nitrogens with zero attached hydrogens (tertiary/aromatic N) is 2. The average Bonchev–Trinajstić information content (AvgIpc) is 2.80. The fraction of sp³-hybridized carbons (Fsp3) is 0.379. The normalized spacial score (nSPS) is 22.7. The minimum atomic E-state index is 0.516. The first-order chi connectivity index (χ1) is 15.4. The highest BCUT2D eigenvalue weighted by Gasteiger charge is 2.33. The van der Waals surface area contributed by atoms with E-state index in [9.17, 15) is 0 Å². The van der Waals surface area contributed by atoms with E-state index in [1.807, 2.05) is 30.5 Å². The molecule has 2 heterocycles. The quantitative estimate of drug-likeness (QED) is 0.551. The fourth-order valence-electron chi connectivity index (χ4n) is 4.37. The first-order valence-electron chi connectivity index (χ1n) is 11.8. The maximum Gasteiger partial charge on any atom is 0.124 e. The Labute approximate surface area is 193 Å². The second-order valence-corrected chi connectivity index (χ2v) is 9.10. The Morgan fingerprint density at radius 3 is 2.72 bits per heavy atom. The van der Waals surface area contributed by atoms with Crippen molar-refractivity contribution in [2.24, 2.45) is 17.8 Å². The van der Waals surface area contributed by atoms with E-state index in [0.717, 1.165) is 64.8 Å². The second-order valence-electron chi connectivity index (χ2n) is 9.10. The molecule has 0 bridgehead atoms. The molecule has 1 saturated carbocycles. The van der Waals surface area contributed by atoms with E-state index in [0.29, 0.717) is 5.82 Å². The van der Waals surface area contributed by atoms with E-state index in [1.54, 1.807) is 0 Å². The van der Waals surface area contributed by atoms with E-state index in [2.05, 4.69) is 74.6 Å². The fourth-order valence-corrected chi connectivity index (χ4v) is 4.37. The molecule has 2 N–H and O–H groups in total. The number of pyridine rings is 2. The zero-order valence-corrected chi connectivity index (χ0v) is 20.0. The molecule has 0 saturated heterocycles. The Kier molecular flexibility index (Phi) is 8.21. The molecule has 3 rings (SSSR count). The summed E-state index contributed by atoms with van der Waals surface area (Å²) in [7, 11) is 0. The van der Waals surface area contributed by atoms with Crippen LogP contribution < -0.4 is 16.3 Å². The first kappa shape index (κ1) is 23.7. The van der Waals surface area contributed by atoms with Crippen LogP contribution in [0.2, 0.25) is 0 Å². The zero-order valence-electron chi connectivity index (χ0n) is 20.0. The Balaban J connectivity index is 1.96. The molecule has 2 aromatic heterocycles. The van der Waals surface area contributed by atoms with Crippen molar-refractivity contribution in [2.45, 2.75) is 53.4 Å². The number of hydrogen-bond acceptors (Lipinski definition) is 3. The molecule has 0 aromatic carbocycles. The van der Waals surface area contributed by atoms with Gasteiger partial charge < -0.3 is 5.73 Å². The van der Waals surface area contributed by atoms with Crippen molar-refractivity contribution in [1.29, 1.82) is 0 Å². The first-order valence-corrected chi connectivity index (χ1v) is 11.8. The third-order valence-electron chi connectivity index (χ3n) is 6.79. The number of aromatic nitrogens is 2. The molecule has 0 radical (unpaired) electrons. The summed E-state index contributed by atoms with van der Waals surface area (Å²) in [5.74, 6) is 2.85. The standard InChI is InChI=1S/C29H37N3/c1-6-7-10-24-11-9-18-31-28(24)17-14-20(2)26(16-15-25-19-21(3)22(25)4)23(5)27-12-8-13-29(30)32-27/h8-14,16-18,21-22,25H,5-7,15,19H2,1-4H3,(H2,30,32)/b20-14+,24-10+,26-16-,28-17+. The molecule has 1 aliphatic carbocycles. The van der Waals surface area contributed by atoms with Gasteiger partial charge in [0.1, 0.15) is 5.82 Å². The van der Waals surface area contributed by atoms with Crippen molar-refractivity contribution < 1.29 is 0 Å². The lowest BCUT2D eigenvalue weighted by Gasteiger charge is -2.40. The van der Waals surface area contributed by atoms with Gasteiger partial charge in [-0.3, -0.25) is 4.98 Å². The van der Waals surface area contributed by atoms with Crippen molar-refractivity contribution in [3.63, 3.8) is 0 Å². The number of anilines is 1. The lowest BCUT2D eigenvalue weighted by molar-refractivity contribution is 0.106. The van der Waals surface area contributed by atoms with Crippen LogP contribution in [0.1, 0.15) is 59.1 Å². The summed E-state index contributed by atoms with van der Waals surface area (Å²) >= 11 is 0. The van der Waals surface area contributed by atoms with Crippen LogP contribution in [0, 0.1) is 17.8 Å². The third-order valence-corrected chi connectivity index (χ3v) is 6.79. The summed E-state index contributed by atoms with van der Waals surface area (Å²) in [6, 6.07) is 9.85. The molecule has 3 heteroatoms. The average molecular weight is 428 g/mol. The summed E-state index contributed by atoms with van der Waals surface area (Å²) in [6.45, 7) is 13.4. The lowest BCUT2D eigenvalue weighted by Crippen LogP contribution is -2.32. The van der Waals surface area contributed by atoms with E-state index >= 15 is 0 Å². The maximum absolute atomic E-state index is 5.95. The van der Waals surface area contributed by atoms with Crippen LogP contribution in [0.4, 0.5) is 5.82 Å². The van der Waals surface area contributed by atoms with Crippen molar-refractivity contribution in [3.05, 3.63) is 82.7 Å². The van der Waals surface area contributed by atoms with E-state index in [-0.39, 0.29) is 0 Å². The van der Waals surface area contributed by atoms with Crippen molar-refractivity contribution >= 4 is 23.5 Å². The van der Waals surface area contributed by atoms with Crippen LogP contribution in [-0.2, 0) is 0 Å². The highest BCUT2D eigenvalue weighted by molar-refractivity contribution is 5.81. The molecular weight excluding hydrogens is 390 g/mol. The van der Waals surface area contributed by atoms with Crippen molar-refractivity contribution in [3.8, 4) is 0 Å². The van der Waals surface area contributed by atoms with Gasteiger partial charge in [0.2, 0.25) is 0 Å². The van der Waals surface area contributed by atoms with Crippen LogP contribution >= 0.6 is 0 Å². The zero-order chi connectivity index (χ0) is 23.1. The summed E-state index contributed by atoms with van der Waals surface area (Å²) in [4.78, 5) is 9.10. The van der Waals surface area contributed by atoms with Crippen LogP contribution in [-0.4, -0.2) is 9.97 Å². The smallest absolute Gasteiger partial charge is 0.124 e. The molecule has 0 amide bonds. The molecule has 2 aromatic rings. The molecule has 32 heavy (non-hydrogen) atoms. The minimum Gasteiger partial charge on any atom is -0.384 e. The molecule has 3 nitrogen and oxygen atoms in total. The van der Waals surface area contributed by atoms with Gasteiger partial charge in [-0.15, -0.1) is 0 Å². The monoisotopic (exact) mass is 427 g/mol. The van der Waals surface area contributed by atoms with Crippen LogP contribution in [0.25, 0.3) is 17.7 Å². The summed E-state index contributed by atoms with van der Waals surface area (Å²) < 4.78 is 0. The van der Waals surface area contributed by atoms with Gasteiger partial charge in [-0.25, -0.2) is 4.98 Å². The highest BCUT2D eigenvalue weighted by atomic mass is 14.8.